The average Bonchev–Trinajstić information content (AvgIpc) is 3.28. The Balaban J connectivity index is 1.45. The lowest BCUT2D eigenvalue weighted by Crippen LogP contribution is -2.19. The zero-order chi connectivity index (χ0) is 43.9. The summed E-state index contributed by atoms with van der Waals surface area (Å²) in [5.74, 6) is 2.94. The molecular formula is C60H90N2. The second kappa shape index (κ2) is 27.6. The molecule has 3 unspecified atom stereocenters. The zero-order valence-corrected chi connectivity index (χ0v) is 40.5. The summed E-state index contributed by atoms with van der Waals surface area (Å²) >= 11 is 0. The van der Waals surface area contributed by atoms with E-state index >= 15 is 0 Å². The van der Waals surface area contributed by atoms with Crippen LogP contribution in [0.3, 0.4) is 0 Å². The first kappa shape index (κ1) is 49.5. The van der Waals surface area contributed by atoms with Crippen molar-refractivity contribution in [2.75, 3.05) is 11.5 Å². The molecule has 3 atom stereocenters. The molecule has 0 aromatic heterocycles. The van der Waals surface area contributed by atoms with Crippen molar-refractivity contribution < 1.29 is 0 Å². The Hall–Kier alpha value is -3.52. The lowest BCUT2D eigenvalue weighted by molar-refractivity contribution is 0.214. The van der Waals surface area contributed by atoms with Crippen molar-refractivity contribution in [3.05, 3.63) is 129 Å². The van der Waals surface area contributed by atoms with E-state index in [0.29, 0.717) is 17.8 Å². The molecule has 2 heteroatoms. The number of hydrogen-bond acceptors (Lipinski definition) is 2. The number of rotatable bonds is 29. The number of nitrogens with two attached hydrogens (primary N) is 2. The normalized spacial score (nSPS) is 15.4. The van der Waals surface area contributed by atoms with E-state index in [-0.39, 0.29) is 0 Å². The molecule has 0 spiro atoms. The monoisotopic (exact) mass is 839 g/mol. The van der Waals surface area contributed by atoms with Gasteiger partial charge in [-0.15, -0.1) is 0 Å². The number of aryl methyl sites for hydroxylation is 2. The van der Waals surface area contributed by atoms with E-state index in [0.717, 1.165) is 23.2 Å². The Morgan fingerprint density at radius 1 is 0.403 bits per heavy atom. The molecule has 1 saturated carbocycles. The lowest BCUT2D eigenvalue weighted by Gasteiger charge is -2.32. The van der Waals surface area contributed by atoms with Gasteiger partial charge in [-0.25, -0.2) is 0 Å². The van der Waals surface area contributed by atoms with Gasteiger partial charge in [-0.3, -0.25) is 0 Å². The number of hydrogen-bond donors (Lipinski definition) is 2. The van der Waals surface area contributed by atoms with E-state index in [1.165, 1.54) is 211 Å². The maximum absolute atomic E-state index is 6.28. The molecule has 1 aliphatic rings. The molecule has 0 radical (unpaired) electrons. The quantitative estimate of drug-likeness (QED) is 0.0423. The Bertz CT molecular complexity index is 1680. The molecule has 4 aromatic rings. The first-order valence-corrected chi connectivity index (χ1v) is 26.2. The van der Waals surface area contributed by atoms with Crippen LogP contribution in [0.1, 0.15) is 250 Å². The number of nitrogen functional groups attached to an aromatic ring is 2. The van der Waals surface area contributed by atoms with Crippen LogP contribution >= 0.6 is 0 Å². The summed E-state index contributed by atoms with van der Waals surface area (Å²) in [7, 11) is 0. The van der Waals surface area contributed by atoms with Crippen molar-refractivity contribution in [1.82, 2.24) is 0 Å². The van der Waals surface area contributed by atoms with E-state index < -0.39 is 0 Å². The van der Waals surface area contributed by atoms with Gasteiger partial charge >= 0.3 is 0 Å². The maximum atomic E-state index is 6.28. The smallest absolute Gasteiger partial charge is 0.0316 e. The SMILES string of the molecule is CCCCCCCCC(c1ccc(C(CCC(CCCCCC)C2CCCCC2)c2ccc(C(CCCCCCCC)c3ccc(N)cc3C)cc2)cc1)c1ccc(N)cc1C. The van der Waals surface area contributed by atoms with Gasteiger partial charge in [0.05, 0.1) is 0 Å². The van der Waals surface area contributed by atoms with Gasteiger partial charge in [-0.2, -0.15) is 0 Å². The fourth-order valence-corrected chi connectivity index (χ4v) is 11.3. The Morgan fingerprint density at radius 2 is 0.774 bits per heavy atom. The largest absolute Gasteiger partial charge is 0.399 e. The molecule has 0 amide bonds. The fourth-order valence-electron chi connectivity index (χ4n) is 11.3. The minimum atomic E-state index is 0.394. The standard InChI is InChI=1S/C60H90N2/c1-6-9-12-15-17-23-28-59(56-42-39-54(61)44-46(56)4)52-34-30-50(31-35-52)58(41-38-49(27-20-14-11-8-3)48-25-21-19-22-26-48)51-32-36-53(37-33-51)60(29-24-18-16-13-10-7-2)57-43-40-55(62)45-47(57)5/h30-37,39-40,42-45,48-49,58-60H,6-29,38,41,61-62H2,1-5H3. The molecule has 340 valence electrons. The highest BCUT2D eigenvalue weighted by atomic mass is 14.5. The molecule has 1 fully saturated rings. The Kier molecular flexibility index (Phi) is 22.0. The highest BCUT2D eigenvalue weighted by Gasteiger charge is 2.26. The average molecular weight is 839 g/mol. The third kappa shape index (κ3) is 15.6. The van der Waals surface area contributed by atoms with Gasteiger partial charge in [0.2, 0.25) is 0 Å². The van der Waals surface area contributed by atoms with Crippen molar-refractivity contribution in [2.24, 2.45) is 11.8 Å². The van der Waals surface area contributed by atoms with E-state index in [1.807, 2.05) is 0 Å². The molecule has 0 saturated heterocycles. The van der Waals surface area contributed by atoms with Crippen molar-refractivity contribution in [1.29, 1.82) is 0 Å². The Morgan fingerprint density at radius 3 is 1.19 bits per heavy atom. The van der Waals surface area contributed by atoms with Gasteiger partial charge in [0.1, 0.15) is 0 Å². The van der Waals surface area contributed by atoms with Gasteiger partial charge in [0.25, 0.3) is 0 Å². The number of benzene rings is 4. The van der Waals surface area contributed by atoms with Crippen LogP contribution < -0.4 is 11.5 Å². The summed E-state index contributed by atoms with van der Waals surface area (Å²) in [6, 6.07) is 33.3. The molecule has 0 bridgehead atoms. The Labute approximate surface area is 381 Å². The van der Waals surface area contributed by atoms with Gasteiger partial charge in [0, 0.05) is 29.1 Å². The molecule has 2 nitrogen and oxygen atoms in total. The molecule has 1 aliphatic carbocycles. The molecule has 4 N–H and O–H groups in total. The summed E-state index contributed by atoms with van der Waals surface area (Å²) in [6.07, 6.45) is 34.9. The van der Waals surface area contributed by atoms with Crippen LogP contribution in [0.15, 0.2) is 84.9 Å². The molecule has 0 heterocycles. The third-order valence-electron chi connectivity index (χ3n) is 15.1. The van der Waals surface area contributed by atoms with E-state index in [1.54, 1.807) is 0 Å². The zero-order valence-electron chi connectivity index (χ0n) is 40.5. The molecule has 62 heavy (non-hydrogen) atoms. The van der Waals surface area contributed by atoms with Crippen LogP contribution in [-0.4, -0.2) is 0 Å². The summed E-state index contributed by atoms with van der Waals surface area (Å²) < 4.78 is 0. The lowest BCUT2D eigenvalue weighted by atomic mass is 9.73. The van der Waals surface area contributed by atoms with Gasteiger partial charge in [0.15, 0.2) is 0 Å². The molecule has 0 aliphatic heterocycles. The molecule has 4 aromatic carbocycles. The second-order valence-electron chi connectivity index (χ2n) is 19.9. The van der Waals surface area contributed by atoms with E-state index in [4.69, 9.17) is 11.5 Å². The summed E-state index contributed by atoms with van der Waals surface area (Å²) in [4.78, 5) is 0. The van der Waals surface area contributed by atoms with Crippen molar-refractivity contribution in [2.45, 2.75) is 219 Å². The van der Waals surface area contributed by atoms with Crippen molar-refractivity contribution in [3.8, 4) is 0 Å². The van der Waals surface area contributed by atoms with Crippen LogP contribution in [0.4, 0.5) is 11.4 Å². The first-order chi connectivity index (χ1) is 30.3. The summed E-state index contributed by atoms with van der Waals surface area (Å²) in [5.41, 5.74) is 25.7. The minimum Gasteiger partial charge on any atom is -0.399 e. The van der Waals surface area contributed by atoms with E-state index in [2.05, 4.69) is 120 Å². The minimum absolute atomic E-state index is 0.394. The first-order valence-electron chi connectivity index (χ1n) is 26.2. The predicted octanol–water partition coefficient (Wildman–Crippen LogP) is 18.3. The van der Waals surface area contributed by atoms with Crippen molar-refractivity contribution >= 4 is 11.4 Å². The highest BCUT2D eigenvalue weighted by molar-refractivity contribution is 5.50. The van der Waals surface area contributed by atoms with Crippen LogP contribution in [0, 0.1) is 25.7 Å². The van der Waals surface area contributed by atoms with E-state index in [9.17, 15) is 0 Å². The van der Waals surface area contributed by atoms with Crippen LogP contribution in [0.25, 0.3) is 0 Å². The summed E-state index contributed by atoms with van der Waals surface area (Å²) in [6.45, 7) is 11.5. The number of anilines is 2. The molecular weight excluding hydrogens is 749 g/mol. The highest BCUT2D eigenvalue weighted by Crippen LogP contribution is 2.41. The topological polar surface area (TPSA) is 52.0 Å². The summed E-state index contributed by atoms with van der Waals surface area (Å²) in [5, 5.41) is 0. The predicted molar refractivity (Wildman–Crippen MR) is 274 cm³/mol. The van der Waals surface area contributed by atoms with Crippen molar-refractivity contribution in [3.63, 3.8) is 0 Å². The van der Waals surface area contributed by atoms with Crippen LogP contribution in [-0.2, 0) is 0 Å². The third-order valence-corrected chi connectivity index (χ3v) is 15.1. The number of unbranched alkanes of at least 4 members (excludes halogenated alkanes) is 13. The van der Waals surface area contributed by atoms with Gasteiger partial charge < -0.3 is 11.5 Å². The van der Waals surface area contributed by atoms with Crippen LogP contribution in [0.5, 0.6) is 0 Å². The second-order valence-corrected chi connectivity index (χ2v) is 19.9. The molecule has 5 rings (SSSR count). The van der Waals surface area contributed by atoms with Gasteiger partial charge in [-0.1, -0.05) is 223 Å². The van der Waals surface area contributed by atoms with Gasteiger partial charge in [-0.05, 0) is 120 Å². The fraction of sp³-hybridized carbons (Fsp3) is 0.600. The maximum Gasteiger partial charge on any atom is 0.0316 e. The van der Waals surface area contributed by atoms with Crippen LogP contribution in [0.2, 0.25) is 0 Å².